The first-order chi connectivity index (χ1) is 9.92. The van der Waals surface area contributed by atoms with Gasteiger partial charge in [0.1, 0.15) is 0 Å². The minimum Gasteiger partial charge on any atom is -0.409 e. The van der Waals surface area contributed by atoms with Gasteiger partial charge in [0.25, 0.3) is 0 Å². The lowest BCUT2D eigenvalue weighted by Crippen LogP contribution is -2.34. The van der Waals surface area contributed by atoms with Crippen molar-refractivity contribution in [3.8, 4) is 0 Å². The molecule has 116 valence electrons. The normalized spacial score (nSPS) is 24.0. The number of oxime groups is 1. The summed E-state index contributed by atoms with van der Waals surface area (Å²) in [6.07, 6.45) is 0. The Hall–Kier alpha value is -1.59. The van der Waals surface area contributed by atoms with Gasteiger partial charge in [0.05, 0.1) is 0 Å². The molecule has 0 bridgehead atoms. The second-order valence-corrected chi connectivity index (χ2v) is 6.33. The molecule has 2 unspecified atom stereocenters. The summed E-state index contributed by atoms with van der Waals surface area (Å²) in [6, 6.07) is 6.60. The number of likely N-dealkylation sites (N-methyl/N-ethyl adjacent to an activating group) is 1. The number of hydrogen-bond acceptors (Lipinski definition) is 4. The van der Waals surface area contributed by atoms with Gasteiger partial charge in [-0.3, -0.25) is 4.90 Å². The van der Waals surface area contributed by atoms with Crippen LogP contribution in [0.25, 0.3) is 0 Å². The Labute approximate surface area is 127 Å². The second kappa shape index (κ2) is 6.45. The van der Waals surface area contributed by atoms with Crippen LogP contribution in [0, 0.1) is 12.8 Å². The topological polar surface area (TPSA) is 65.1 Å². The molecule has 1 aliphatic heterocycles. The van der Waals surface area contributed by atoms with Crippen molar-refractivity contribution in [1.82, 2.24) is 9.80 Å². The SMILES string of the molecule is Cc1cc(/C(N)=N/O)ccc1CN1CC(C)C(N(C)C)C1. The van der Waals surface area contributed by atoms with E-state index in [-0.39, 0.29) is 5.84 Å². The molecule has 21 heavy (non-hydrogen) atoms. The first-order valence-corrected chi connectivity index (χ1v) is 7.38. The molecule has 1 aliphatic rings. The highest BCUT2D eigenvalue weighted by Crippen LogP contribution is 2.23. The van der Waals surface area contributed by atoms with E-state index >= 15 is 0 Å². The van der Waals surface area contributed by atoms with Crippen molar-refractivity contribution in [2.75, 3.05) is 27.2 Å². The van der Waals surface area contributed by atoms with Crippen LogP contribution in [-0.4, -0.2) is 54.1 Å². The predicted molar refractivity (Wildman–Crippen MR) is 85.6 cm³/mol. The van der Waals surface area contributed by atoms with Gasteiger partial charge in [0.2, 0.25) is 0 Å². The zero-order valence-corrected chi connectivity index (χ0v) is 13.4. The van der Waals surface area contributed by atoms with E-state index in [1.165, 1.54) is 11.1 Å². The maximum Gasteiger partial charge on any atom is 0.170 e. The molecule has 1 fully saturated rings. The number of rotatable bonds is 4. The smallest absolute Gasteiger partial charge is 0.170 e. The van der Waals surface area contributed by atoms with Crippen molar-refractivity contribution in [1.29, 1.82) is 0 Å². The van der Waals surface area contributed by atoms with E-state index in [9.17, 15) is 0 Å². The first kappa shape index (κ1) is 15.8. The summed E-state index contributed by atoms with van der Waals surface area (Å²) in [6.45, 7) is 7.59. The van der Waals surface area contributed by atoms with Crippen molar-refractivity contribution in [2.45, 2.75) is 26.4 Å². The molecule has 0 radical (unpaired) electrons. The molecule has 0 aliphatic carbocycles. The lowest BCUT2D eigenvalue weighted by atomic mass is 10.0. The van der Waals surface area contributed by atoms with Gasteiger partial charge in [0, 0.05) is 31.2 Å². The monoisotopic (exact) mass is 290 g/mol. The van der Waals surface area contributed by atoms with Crippen LogP contribution >= 0.6 is 0 Å². The predicted octanol–water partition coefficient (Wildman–Crippen LogP) is 1.47. The van der Waals surface area contributed by atoms with Crippen molar-refractivity contribution in [3.63, 3.8) is 0 Å². The average Bonchev–Trinajstić information content (AvgIpc) is 2.81. The van der Waals surface area contributed by atoms with E-state index in [0.29, 0.717) is 12.0 Å². The molecule has 5 nitrogen and oxygen atoms in total. The van der Waals surface area contributed by atoms with Gasteiger partial charge in [0.15, 0.2) is 5.84 Å². The van der Waals surface area contributed by atoms with Gasteiger partial charge in [-0.1, -0.05) is 24.2 Å². The van der Waals surface area contributed by atoms with Crippen molar-refractivity contribution in [2.24, 2.45) is 16.8 Å². The molecular weight excluding hydrogens is 264 g/mol. The van der Waals surface area contributed by atoms with Crippen LogP contribution in [0.1, 0.15) is 23.6 Å². The Kier molecular flexibility index (Phi) is 4.85. The highest BCUT2D eigenvalue weighted by Gasteiger charge is 2.30. The third-order valence-corrected chi connectivity index (χ3v) is 4.45. The van der Waals surface area contributed by atoms with Gasteiger partial charge in [-0.25, -0.2) is 0 Å². The molecule has 2 rings (SSSR count). The van der Waals surface area contributed by atoms with Crippen molar-refractivity contribution in [3.05, 3.63) is 34.9 Å². The van der Waals surface area contributed by atoms with Crippen LogP contribution in [0.3, 0.4) is 0 Å². The zero-order valence-electron chi connectivity index (χ0n) is 13.4. The number of nitrogens with two attached hydrogens (primary N) is 1. The highest BCUT2D eigenvalue weighted by atomic mass is 16.4. The van der Waals surface area contributed by atoms with Crippen LogP contribution in [0.15, 0.2) is 23.4 Å². The zero-order chi connectivity index (χ0) is 15.6. The summed E-state index contributed by atoms with van der Waals surface area (Å²) in [5.74, 6) is 0.851. The highest BCUT2D eigenvalue weighted by molar-refractivity contribution is 5.97. The van der Waals surface area contributed by atoms with E-state index in [1.54, 1.807) is 0 Å². The first-order valence-electron chi connectivity index (χ1n) is 7.38. The van der Waals surface area contributed by atoms with Gasteiger partial charge < -0.3 is 15.8 Å². The maximum atomic E-state index is 8.74. The lowest BCUT2D eigenvalue weighted by molar-refractivity contribution is 0.250. The average molecular weight is 290 g/mol. The fourth-order valence-corrected chi connectivity index (χ4v) is 3.18. The van der Waals surface area contributed by atoms with E-state index in [2.05, 4.69) is 49.0 Å². The Morgan fingerprint density at radius 3 is 2.67 bits per heavy atom. The molecule has 0 aromatic heterocycles. The Morgan fingerprint density at radius 1 is 1.43 bits per heavy atom. The molecule has 1 heterocycles. The van der Waals surface area contributed by atoms with E-state index < -0.39 is 0 Å². The van der Waals surface area contributed by atoms with Crippen LogP contribution in [-0.2, 0) is 6.54 Å². The lowest BCUT2D eigenvalue weighted by Gasteiger charge is -2.22. The van der Waals surface area contributed by atoms with E-state index in [1.807, 2.05) is 12.1 Å². The molecule has 1 saturated heterocycles. The number of nitrogens with zero attached hydrogens (tertiary/aromatic N) is 3. The van der Waals surface area contributed by atoms with Gasteiger partial charge >= 0.3 is 0 Å². The largest absolute Gasteiger partial charge is 0.409 e. The number of likely N-dealkylation sites (tertiary alicyclic amines) is 1. The number of benzene rings is 1. The number of hydrogen-bond donors (Lipinski definition) is 2. The van der Waals surface area contributed by atoms with Crippen LogP contribution in [0.2, 0.25) is 0 Å². The van der Waals surface area contributed by atoms with E-state index in [0.717, 1.165) is 25.2 Å². The summed E-state index contributed by atoms with van der Waals surface area (Å²) in [5, 5.41) is 11.8. The Balaban J connectivity index is 2.08. The molecule has 0 saturated carbocycles. The summed E-state index contributed by atoms with van der Waals surface area (Å²) in [7, 11) is 4.31. The second-order valence-electron chi connectivity index (χ2n) is 6.33. The Morgan fingerprint density at radius 2 is 2.14 bits per heavy atom. The number of amidine groups is 1. The molecule has 2 atom stereocenters. The summed E-state index contributed by atoms with van der Waals surface area (Å²) >= 11 is 0. The Bertz CT molecular complexity index is 527. The van der Waals surface area contributed by atoms with Crippen LogP contribution in [0.4, 0.5) is 0 Å². The molecule has 0 amide bonds. The molecule has 0 spiro atoms. The molecule has 3 N–H and O–H groups in total. The van der Waals surface area contributed by atoms with Crippen molar-refractivity contribution >= 4 is 5.84 Å². The third-order valence-electron chi connectivity index (χ3n) is 4.45. The van der Waals surface area contributed by atoms with Crippen LogP contribution in [0.5, 0.6) is 0 Å². The van der Waals surface area contributed by atoms with Crippen LogP contribution < -0.4 is 5.73 Å². The molecule has 1 aromatic rings. The van der Waals surface area contributed by atoms with E-state index in [4.69, 9.17) is 10.9 Å². The van der Waals surface area contributed by atoms with Gasteiger partial charge in [-0.2, -0.15) is 0 Å². The quantitative estimate of drug-likeness (QED) is 0.381. The fraction of sp³-hybridized carbons (Fsp3) is 0.562. The fourth-order valence-electron chi connectivity index (χ4n) is 3.18. The third kappa shape index (κ3) is 3.54. The minimum atomic E-state index is 0.159. The molecule has 1 aromatic carbocycles. The summed E-state index contributed by atoms with van der Waals surface area (Å²) in [4.78, 5) is 4.82. The summed E-state index contributed by atoms with van der Waals surface area (Å²) < 4.78 is 0. The minimum absolute atomic E-state index is 0.159. The standard InChI is InChI=1S/C16H26N4O/c1-11-7-13(16(17)18-21)5-6-14(11)9-20-8-12(2)15(10-20)19(3)4/h5-7,12,15,21H,8-10H2,1-4H3,(H2,17,18). The molecule has 5 heteroatoms. The van der Waals surface area contributed by atoms with Gasteiger partial charge in [-0.15, -0.1) is 0 Å². The number of aryl methyl sites for hydroxylation is 1. The van der Waals surface area contributed by atoms with Crippen molar-refractivity contribution < 1.29 is 5.21 Å². The summed E-state index contributed by atoms with van der Waals surface area (Å²) in [5.41, 5.74) is 8.88. The molecular formula is C16H26N4O. The maximum absolute atomic E-state index is 8.74. The van der Waals surface area contributed by atoms with Gasteiger partial charge in [-0.05, 0) is 44.1 Å².